The lowest BCUT2D eigenvalue weighted by molar-refractivity contribution is -0.142. The minimum atomic E-state index is -1.02. The third-order valence-electron chi connectivity index (χ3n) is 1.02. The molecule has 0 radical (unpaired) electrons. The molecular weight excluding hydrogens is 108 g/mol. The summed E-state index contributed by atoms with van der Waals surface area (Å²) in [6.45, 7) is 1.63. The summed E-state index contributed by atoms with van der Waals surface area (Å²) < 4.78 is 4.33. The lowest BCUT2D eigenvalue weighted by Crippen LogP contribution is -2.15. The molecule has 0 aromatic carbocycles. The summed E-state index contributed by atoms with van der Waals surface area (Å²) >= 11 is 0. The van der Waals surface area contributed by atoms with Gasteiger partial charge in [-0.3, -0.25) is 0 Å². The Morgan fingerprint density at radius 1 is 1.88 bits per heavy atom. The Morgan fingerprint density at radius 3 is 2.62 bits per heavy atom. The van der Waals surface area contributed by atoms with E-state index in [1.165, 1.54) is 6.26 Å². The van der Waals surface area contributed by atoms with E-state index in [0.29, 0.717) is 5.57 Å². The summed E-state index contributed by atoms with van der Waals surface area (Å²) in [4.78, 5) is 10.3. The van der Waals surface area contributed by atoms with Crippen molar-refractivity contribution in [3.05, 3.63) is 11.8 Å². The van der Waals surface area contributed by atoms with E-state index in [1.54, 1.807) is 6.92 Å². The van der Waals surface area contributed by atoms with Gasteiger partial charge in [0.1, 0.15) is 0 Å². The van der Waals surface area contributed by atoms with Crippen molar-refractivity contribution in [2.24, 2.45) is 0 Å². The third-order valence-corrected chi connectivity index (χ3v) is 1.02. The highest BCUT2D eigenvalue weighted by atomic mass is 16.5. The van der Waals surface area contributed by atoms with Crippen LogP contribution >= 0.6 is 0 Å². The van der Waals surface area contributed by atoms with Gasteiger partial charge < -0.3 is 9.84 Å². The first-order valence-electron chi connectivity index (χ1n) is 2.27. The Kier molecular flexibility index (Phi) is 1.06. The van der Waals surface area contributed by atoms with Crippen LogP contribution in [0.15, 0.2) is 11.8 Å². The second-order valence-electron chi connectivity index (χ2n) is 1.70. The number of carbonyl (C=O) groups excluding carboxylic acids is 1. The molecule has 1 N–H and O–H groups in total. The van der Waals surface area contributed by atoms with Crippen LogP contribution in [-0.2, 0) is 9.53 Å². The fourth-order valence-electron chi connectivity index (χ4n) is 0.466. The topological polar surface area (TPSA) is 46.5 Å². The van der Waals surface area contributed by atoms with Crippen molar-refractivity contribution >= 4 is 5.97 Å². The number of aliphatic hydroxyl groups is 1. The van der Waals surface area contributed by atoms with Crippen LogP contribution in [-0.4, -0.2) is 17.2 Å². The van der Waals surface area contributed by atoms with E-state index < -0.39 is 12.1 Å². The Balaban J connectivity index is 2.72. The predicted molar refractivity (Wildman–Crippen MR) is 25.9 cm³/mol. The van der Waals surface area contributed by atoms with Crippen molar-refractivity contribution in [3.63, 3.8) is 0 Å². The summed E-state index contributed by atoms with van der Waals surface area (Å²) in [6.07, 6.45) is 0.238. The molecule has 0 aromatic heterocycles. The molecule has 0 aromatic rings. The largest absolute Gasteiger partial charge is 0.432 e. The van der Waals surface area contributed by atoms with Gasteiger partial charge in [-0.15, -0.1) is 0 Å². The molecule has 1 atom stereocenters. The smallest absolute Gasteiger partial charge is 0.344 e. The third kappa shape index (κ3) is 0.607. The van der Waals surface area contributed by atoms with Gasteiger partial charge in [0, 0.05) is 5.57 Å². The minimum Gasteiger partial charge on any atom is -0.432 e. The zero-order valence-electron chi connectivity index (χ0n) is 4.42. The number of hydrogen-bond acceptors (Lipinski definition) is 3. The van der Waals surface area contributed by atoms with Crippen molar-refractivity contribution in [1.82, 2.24) is 0 Å². The molecule has 1 heterocycles. The highest BCUT2D eigenvalue weighted by Gasteiger charge is 2.23. The molecule has 0 spiro atoms. The maximum absolute atomic E-state index is 10.3. The first-order valence-corrected chi connectivity index (χ1v) is 2.27. The molecule has 0 amide bonds. The van der Waals surface area contributed by atoms with Gasteiger partial charge in [-0.05, 0) is 6.92 Å². The average molecular weight is 114 g/mol. The molecule has 0 aliphatic carbocycles. The Labute approximate surface area is 46.6 Å². The number of rotatable bonds is 0. The summed E-state index contributed by atoms with van der Waals surface area (Å²) in [5.74, 6) is -0.581. The highest BCUT2D eigenvalue weighted by molar-refractivity contribution is 5.80. The molecule has 3 heteroatoms. The molecule has 44 valence electrons. The van der Waals surface area contributed by atoms with E-state index >= 15 is 0 Å². The molecule has 8 heavy (non-hydrogen) atoms. The number of aliphatic hydroxyl groups excluding tert-OH is 1. The molecule has 0 fully saturated rings. The van der Waals surface area contributed by atoms with Gasteiger partial charge >= 0.3 is 5.97 Å². The molecule has 1 aliphatic heterocycles. The fraction of sp³-hybridized carbons (Fsp3) is 0.400. The predicted octanol–water partition coefficient (Wildman–Crippen LogP) is -0.192. The fourth-order valence-corrected chi connectivity index (χ4v) is 0.466. The van der Waals surface area contributed by atoms with Crippen LogP contribution in [0.1, 0.15) is 6.92 Å². The van der Waals surface area contributed by atoms with Crippen molar-refractivity contribution in [3.8, 4) is 0 Å². The molecule has 1 rings (SSSR count). The zero-order chi connectivity index (χ0) is 6.15. The number of carbonyl (C=O) groups is 1. The summed E-state index contributed by atoms with van der Waals surface area (Å²) in [6, 6.07) is 0. The summed E-state index contributed by atoms with van der Waals surface area (Å²) in [7, 11) is 0. The van der Waals surface area contributed by atoms with Crippen LogP contribution in [0.5, 0.6) is 0 Å². The molecule has 0 saturated carbocycles. The minimum absolute atomic E-state index is 0.565. The van der Waals surface area contributed by atoms with Gasteiger partial charge in [0.25, 0.3) is 0 Å². The van der Waals surface area contributed by atoms with Gasteiger partial charge in [0.2, 0.25) is 0 Å². The van der Waals surface area contributed by atoms with Crippen LogP contribution in [0.25, 0.3) is 0 Å². The Morgan fingerprint density at radius 2 is 2.50 bits per heavy atom. The van der Waals surface area contributed by atoms with E-state index in [4.69, 9.17) is 5.11 Å². The SMILES string of the molecule is CC1=COC(=O)C1O. The maximum Gasteiger partial charge on any atom is 0.344 e. The molecule has 0 saturated heterocycles. The van der Waals surface area contributed by atoms with E-state index in [0.717, 1.165) is 0 Å². The summed E-state index contributed by atoms with van der Waals surface area (Å²) in [5.41, 5.74) is 0.565. The van der Waals surface area contributed by atoms with Gasteiger partial charge in [0.05, 0.1) is 6.26 Å². The molecule has 1 unspecified atom stereocenters. The Bertz CT molecular complexity index is 148. The first-order chi connectivity index (χ1) is 3.72. The zero-order valence-corrected chi connectivity index (χ0v) is 4.42. The molecule has 1 aliphatic rings. The lowest BCUT2D eigenvalue weighted by atomic mass is 10.2. The van der Waals surface area contributed by atoms with Crippen LogP contribution in [0.3, 0.4) is 0 Å². The monoisotopic (exact) mass is 114 g/mol. The normalized spacial score (nSPS) is 27.5. The number of cyclic esters (lactones) is 1. The van der Waals surface area contributed by atoms with Crippen LogP contribution in [0.2, 0.25) is 0 Å². The van der Waals surface area contributed by atoms with Gasteiger partial charge in [0.15, 0.2) is 6.10 Å². The van der Waals surface area contributed by atoms with Crippen molar-refractivity contribution in [2.75, 3.05) is 0 Å². The Hall–Kier alpha value is -0.830. The van der Waals surface area contributed by atoms with E-state index in [-0.39, 0.29) is 0 Å². The molecule has 3 nitrogen and oxygen atoms in total. The van der Waals surface area contributed by atoms with Crippen LogP contribution in [0, 0.1) is 0 Å². The first kappa shape index (κ1) is 5.31. The van der Waals surface area contributed by atoms with E-state index in [1.807, 2.05) is 0 Å². The van der Waals surface area contributed by atoms with E-state index in [2.05, 4.69) is 4.74 Å². The van der Waals surface area contributed by atoms with Crippen LogP contribution in [0.4, 0.5) is 0 Å². The van der Waals surface area contributed by atoms with Gasteiger partial charge in [-0.25, -0.2) is 4.79 Å². The van der Waals surface area contributed by atoms with E-state index in [9.17, 15) is 4.79 Å². The van der Waals surface area contributed by atoms with Gasteiger partial charge in [-0.2, -0.15) is 0 Å². The number of esters is 1. The quantitative estimate of drug-likeness (QED) is 0.444. The second-order valence-corrected chi connectivity index (χ2v) is 1.70. The number of hydrogen-bond donors (Lipinski definition) is 1. The number of ether oxygens (including phenoxy) is 1. The lowest BCUT2D eigenvalue weighted by Gasteiger charge is -1.93. The average Bonchev–Trinajstić information content (AvgIpc) is 1.98. The second kappa shape index (κ2) is 1.59. The van der Waals surface area contributed by atoms with Crippen molar-refractivity contribution in [1.29, 1.82) is 0 Å². The molecule has 0 bridgehead atoms. The van der Waals surface area contributed by atoms with Crippen molar-refractivity contribution < 1.29 is 14.6 Å². The maximum atomic E-state index is 10.3. The van der Waals surface area contributed by atoms with Crippen molar-refractivity contribution in [2.45, 2.75) is 13.0 Å². The standard InChI is InChI=1S/C5H6O3/c1-3-2-8-5(7)4(3)6/h2,4,6H,1H3. The van der Waals surface area contributed by atoms with Crippen LogP contribution < -0.4 is 0 Å². The summed E-state index contributed by atoms with van der Waals surface area (Å²) in [5, 5.41) is 8.72. The highest BCUT2D eigenvalue weighted by Crippen LogP contribution is 2.10. The van der Waals surface area contributed by atoms with Gasteiger partial charge in [-0.1, -0.05) is 0 Å². The molecular formula is C5H6O3.